The van der Waals surface area contributed by atoms with E-state index in [1.54, 1.807) is 24.3 Å². The van der Waals surface area contributed by atoms with Gasteiger partial charge in [-0.05, 0) is 43.3 Å². The SMILES string of the molecule is COC(=O)c1c(NC(=O)c2ccc(Cl)cc2)sc2c1CCN(C)C2. The number of amides is 1. The quantitative estimate of drug-likeness (QED) is 0.848. The second-order valence-electron chi connectivity index (χ2n) is 5.65. The fraction of sp³-hybridized carbons (Fsp3) is 0.294. The Hall–Kier alpha value is -1.89. The fourth-order valence-electron chi connectivity index (χ4n) is 2.71. The minimum absolute atomic E-state index is 0.274. The van der Waals surface area contributed by atoms with Gasteiger partial charge in [-0.2, -0.15) is 0 Å². The standard InChI is InChI=1S/C17H17ClN2O3S/c1-20-8-7-12-13(9-20)24-16(14(12)17(22)23-2)19-15(21)10-3-5-11(18)6-4-10/h3-6H,7-9H2,1-2H3,(H,19,21). The Labute approximate surface area is 149 Å². The number of carbonyl (C=O) groups is 2. The third kappa shape index (κ3) is 3.31. The first-order valence-corrected chi connectivity index (χ1v) is 8.67. The summed E-state index contributed by atoms with van der Waals surface area (Å²) in [6.45, 7) is 1.64. The van der Waals surface area contributed by atoms with Crippen LogP contribution in [0.4, 0.5) is 5.00 Å². The maximum Gasteiger partial charge on any atom is 0.341 e. The van der Waals surface area contributed by atoms with Gasteiger partial charge in [0.15, 0.2) is 0 Å². The van der Waals surface area contributed by atoms with Gasteiger partial charge in [0.2, 0.25) is 0 Å². The van der Waals surface area contributed by atoms with Crippen molar-refractivity contribution in [1.29, 1.82) is 0 Å². The Balaban J connectivity index is 1.93. The fourth-order valence-corrected chi connectivity index (χ4v) is 4.15. The van der Waals surface area contributed by atoms with Crippen LogP contribution in [0.25, 0.3) is 0 Å². The number of methoxy groups -OCH3 is 1. The maximum atomic E-state index is 12.5. The molecule has 1 N–H and O–H groups in total. The molecule has 1 aliphatic rings. The summed E-state index contributed by atoms with van der Waals surface area (Å²) in [5, 5.41) is 3.96. The number of anilines is 1. The van der Waals surface area contributed by atoms with E-state index in [1.165, 1.54) is 18.4 Å². The number of nitrogens with one attached hydrogen (secondary N) is 1. The molecule has 5 nitrogen and oxygen atoms in total. The molecule has 2 heterocycles. The lowest BCUT2D eigenvalue weighted by atomic mass is 10.0. The molecule has 1 aliphatic heterocycles. The largest absolute Gasteiger partial charge is 0.465 e. The summed E-state index contributed by atoms with van der Waals surface area (Å²) >= 11 is 7.28. The number of hydrogen-bond donors (Lipinski definition) is 1. The monoisotopic (exact) mass is 364 g/mol. The van der Waals surface area contributed by atoms with E-state index in [4.69, 9.17) is 16.3 Å². The van der Waals surface area contributed by atoms with E-state index < -0.39 is 5.97 Å². The molecule has 0 aliphatic carbocycles. The summed E-state index contributed by atoms with van der Waals surface area (Å²) in [7, 11) is 3.39. The number of hydrogen-bond acceptors (Lipinski definition) is 5. The molecule has 7 heteroatoms. The van der Waals surface area contributed by atoms with Gasteiger partial charge in [-0.1, -0.05) is 11.6 Å². The van der Waals surface area contributed by atoms with E-state index >= 15 is 0 Å². The van der Waals surface area contributed by atoms with E-state index in [1.807, 2.05) is 7.05 Å². The van der Waals surface area contributed by atoms with E-state index in [-0.39, 0.29) is 5.91 Å². The van der Waals surface area contributed by atoms with Crippen LogP contribution in [-0.2, 0) is 17.7 Å². The van der Waals surface area contributed by atoms with Gasteiger partial charge in [-0.3, -0.25) is 4.79 Å². The van der Waals surface area contributed by atoms with Crippen molar-refractivity contribution in [2.75, 3.05) is 26.0 Å². The summed E-state index contributed by atoms with van der Waals surface area (Å²) in [6.07, 6.45) is 0.767. The summed E-state index contributed by atoms with van der Waals surface area (Å²) in [5.41, 5.74) is 1.95. The molecule has 1 aromatic heterocycles. The third-order valence-electron chi connectivity index (χ3n) is 3.97. The molecular weight excluding hydrogens is 348 g/mol. The highest BCUT2D eigenvalue weighted by Gasteiger charge is 2.28. The molecule has 24 heavy (non-hydrogen) atoms. The van der Waals surface area contributed by atoms with Crippen LogP contribution in [0.1, 0.15) is 31.2 Å². The Morgan fingerprint density at radius 2 is 2.00 bits per heavy atom. The summed E-state index contributed by atoms with van der Waals surface area (Å²) in [4.78, 5) is 27.9. The minimum atomic E-state index is -0.413. The molecule has 126 valence electrons. The molecule has 0 radical (unpaired) electrons. The van der Waals surface area contributed by atoms with E-state index in [0.717, 1.165) is 30.0 Å². The molecule has 0 saturated heterocycles. The highest BCUT2D eigenvalue weighted by molar-refractivity contribution is 7.17. The van der Waals surface area contributed by atoms with Crippen molar-refractivity contribution in [2.45, 2.75) is 13.0 Å². The second kappa shape index (κ2) is 6.93. The Morgan fingerprint density at radius 1 is 1.29 bits per heavy atom. The first kappa shape index (κ1) is 17.0. The number of rotatable bonds is 3. The summed E-state index contributed by atoms with van der Waals surface area (Å²) in [6, 6.07) is 6.62. The zero-order valence-electron chi connectivity index (χ0n) is 13.4. The molecule has 1 amide bonds. The minimum Gasteiger partial charge on any atom is -0.465 e. The van der Waals surface area contributed by atoms with Gasteiger partial charge in [0.05, 0.1) is 12.7 Å². The van der Waals surface area contributed by atoms with E-state index in [0.29, 0.717) is 21.2 Å². The first-order chi connectivity index (χ1) is 11.5. The number of nitrogens with zero attached hydrogens (tertiary/aromatic N) is 1. The van der Waals surface area contributed by atoms with Crippen molar-refractivity contribution in [3.8, 4) is 0 Å². The third-order valence-corrected chi connectivity index (χ3v) is 5.35. The topological polar surface area (TPSA) is 58.6 Å². The number of esters is 1. The number of carbonyl (C=O) groups excluding carboxylic acids is 2. The molecule has 3 rings (SSSR count). The van der Waals surface area contributed by atoms with Crippen LogP contribution in [0.2, 0.25) is 5.02 Å². The molecular formula is C17H17ClN2O3S. The predicted molar refractivity (Wildman–Crippen MR) is 95.1 cm³/mol. The molecule has 1 aromatic carbocycles. The van der Waals surface area contributed by atoms with Crippen molar-refractivity contribution >= 4 is 39.8 Å². The van der Waals surface area contributed by atoms with Gasteiger partial charge in [0.25, 0.3) is 5.91 Å². The van der Waals surface area contributed by atoms with Crippen LogP contribution in [0, 0.1) is 0 Å². The normalized spacial score (nSPS) is 14.1. The number of fused-ring (bicyclic) bond motifs is 1. The van der Waals surface area contributed by atoms with Gasteiger partial charge < -0.3 is 15.0 Å². The highest BCUT2D eigenvalue weighted by Crippen LogP contribution is 2.37. The molecule has 0 unspecified atom stereocenters. The van der Waals surface area contributed by atoms with Crippen LogP contribution < -0.4 is 5.32 Å². The summed E-state index contributed by atoms with van der Waals surface area (Å²) < 4.78 is 4.92. The highest BCUT2D eigenvalue weighted by atomic mass is 35.5. The lowest BCUT2D eigenvalue weighted by Gasteiger charge is -2.22. The van der Waals surface area contributed by atoms with Gasteiger partial charge in [0, 0.05) is 28.6 Å². The Kier molecular flexibility index (Phi) is 4.89. The average Bonchev–Trinajstić information content (AvgIpc) is 2.91. The smallest absolute Gasteiger partial charge is 0.341 e. The van der Waals surface area contributed by atoms with E-state index in [2.05, 4.69) is 10.2 Å². The zero-order valence-corrected chi connectivity index (χ0v) is 15.0. The van der Waals surface area contributed by atoms with Gasteiger partial charge >= 0.3 is 5.97 Å². The molecule has 2 aromatic rings. The molecule has 0 bridgehead atoms. The van der Waals surface area contributed by atoms with Crippen LogP contribution in [0.5, 0.6) is 0 Å². The first-order valence-electron chi connectivity index (χ1n) is 7.48. The van der Waals surface area contributed by atoms with Crippen molar-refractivity contribution in [3.05, 3.63) is 50.9 Å². The molecule has 0 fully saturated rings. The van der Waals surface area contributed by atoms with Crippen LogP contribution in [-0.4, -0.2) is 37.5 Å². The summed E-state index contributed by atoms with van der Waals surface area (Å²) in [5.74, 6) is -0.688. The zero-order chi connectivity index (χ0) is 17.3. The average molecular weight is 365 g/mol. The maximum absolute atomic E-state index is 12.5. The van der Waals surface area contributed by atoms with Crippen molar-refractivity contribution in [1.82, 2.24) is 4.90 Å². The Morgan fingerprint density at radius 3 is 2.67 bits per heavy atom. The predicted octanol–water partition coefficient (Wildman–Crippen LogP) is 3.43. The number of ether oxygens (including phenoxy) is 1. The van der Waals surface area contributed by atoms with Crippen LogP contribution in [0.3, 0.4) is 0 Å². The number of likely N-dealkylation sites (N-methyl/N-ethyl adjacent to an activating group) is 1. The van der Waals surface area contributed by atoms with Crippen LogP contribution >= 0.6 is 22.9 Å². The van der Waals surface area contributed by atoms with Crippen molar-refractivity contribution < 1.29 is 14.3 Å². The van der Waals surface area contributed by atoms with Crippen molar-refractivity contribution in [2.24, 2.45) is 0 Å². The second-order valence-corrected chi connectivity index (χ2v) is 7.19. The molecule has 0 saturated carbocycles. The van der Waals surface area contributed by atoms with Gasteiger partial charge in [-0.15, -0.1) is 11.3 Å². The molecule has 0 atom stereocenters. The molecule has 0 spiro atoms. The lowest BCUT2D eigenvalue weighted by molar-refractivity contribution is 0.0600. The van der Waals surface area contributed by atoms with Crippen LogP contribution in [0.15, 0.2) is 24.3 Å². The lowest BCUT2D eigenvalue weighted by Crippen LogP contribution is -2.26. The number of benzene rings is 1. The number of thiophene rings is 1. The van der Waals surface area contributed by atoms with Crippen molar-refractivity contribution in [3.63, 3.8) is 0 Å². The number of halogens is 1. The van der Waals surface area contributed by atoms with Gasteiger partial charge in [-0.25, -0.2) is 4.79 Å². The van der Waals surface area contributed by atoms with Gasteiger partial charge in [0.1, 0.15) is 5.00 Å². The van der Waals surface area contributed by atoms with E-state index in [9.17, 15) is 9.59 Å². The Bertz CT molecular complexity index is 786.